The Kier molecular flexibility index (Phi) is 6.69. The fourth-order valence-corrected chi connectivity index (χ4v) is 3.86. The number of halogens is 1. The summed E-state index contributed by atoms with van der Waals surface area (Å²) in [7, 11) is 0. The molecule has 0 unspecified atom stereocenters. The van der Waals surface area contributed by atoms with Crippen LogP contribution in [-0.2, 0) is 19.1 Å². The third-order valence-electron chi connectivity index (χ3n) is 5.05. The fourth-order valence-electron chi connectivity index (χ4n) is 3.38. The van der Waals surface area contributed by atoms with Crippen molar-refractivity contribution >= 4 is 39.4 Å². The van der Waals surface area contributed by atoms with Gasteiger partial charge in [-0.2, -0.15) is 0 Å². The zero-order chi connectivity index (χ0) is 21.0. The molecule has 0 bridgehead atoms. The lowest BCUT2D eigenvalue weighted by molar-refractivity contribution is -0.151. The highest BCUT2D eigenvalue weighted by atomic mass is 79.9. The third-order valence-corrected chi connectivity index (χ3v) is 5.54. The first-order valence-corrected chi connectivity index (χ1v) is 10.2. The van der Waals surface area contributed by atoms with Gasteiger partial charge in [0.2, 0.25) is 5.91 Å². The number of carbonyl (C=O) groups is 3. The molecule has 7 heteroatoms. The third kappa shape index (κ3) is 5.23. The van der Waals surface area contributed by atoms with Gasteiger partial charge < -0.3 is 15.0 Å². The van der Waals surface area contributed by atoms with E-state index in [1.54, 1.807) is 11.0 Å². The molecule has 2 aromatic rings. The summed E-state index contributed by atoms with van der Waals surface area (Å²) >= 11 is 3.37. The van der Waals surface area contributed by atoms with Crippen LogP contribution in [-0.4, -0.2) is 35.8 Å². The summed E-state index contributed by atoms with van der Waals surface area (Å²) in [4.78, 5) is 38.6. The van der Waals surface area contributed by atoms with Crippen molar-refractivity contribution in [2.45, 2.75) is 26.3 Å². The number of aryl methyl sites for hydroxylation is 1. The number of amides is 2. The molecule has 6 nitrogen and oxygen atoms in total. The zero-order valence-corrected chi connectivity index (χ0v) is 17.9. The second kappa shape index (κ2) is 9.22. The monoisotopic (exact) mass is 458 g/mol. The second-order valence-electron chi connectivity index (χ2n) is 7.15. The van der Waals surface area contributed by atoms with Crippen molar-refractivity contribution in [2.75, 3.05) is 18.5 Å². The summed E-state index contributed by atoms with van der Waals surface area (Å²) in [6.45, 7) is 3.72. The standard InChI is InChI=1S/C22H23BrN2O4/c1-14-10-18(23)8-9-19(14)24-20(26)13-29-22(28)17-11-21(27)25(12-17)15(2)16-6-4-3-5-7-16/h3-10,15,17H,11-13H2,1-2H3,(H,24,26)/t15-,17+/m0/s1. The van der Waals surface area contributed by atoms with Crippen LogP contribution in [0.25, 0.3) is 0 Å². The first-order chi connectivity index (χ1) is 13.8. The highest BCUT2D eigenvalue weighted by Crippen LogP contribution is 2.29. The van der Waals surface area contributed by atoms with Crippen molar-refractivity contribution < 1.29 is 19.1 Å². The minimum absolute atomic E-state index is 0.0850. The van der Waals surface area contributed by atoms with Gasteiger partial charge in [-0.3, -0.25) is 14.4 Å². The molecule has 0 radical (unpaired) electrons. The van der Waals surface area contributed by atoms with E-state index in [-0.39, 0.29) is 25.0 Å². The summed E-state index contributed by atoms with van der Waals surface area (Å²) in [6.07, 6.45) is 0.101. The summed E-state index contributed by atoms with van der Waals surface area (Å²) in [6, 6.07) is 15.0. The minimum atomic E-state index is -0.559. The predicted octanol–water partition coefficient (Wildman–Crippen LogP) is 3.85. The summed E-state index contributed by atoms with van der Waals surface area (Å²) in [5, 5.41) is 2.73. The number of carbonyl (C=O) groups excluding carboxylic acids is 3. The Morgan fingerprint density at radius 1 is 1.24 bits per heavy atom. The maximum absolute atomic E-state index is 12.4. The van der Waals surface area contributed by atoms with Crippen molar-refractivity contribution in [1.82, 2.24) is 4.90 Å². The van der Waals surface area contributed by atoms with Gasteiger partial charge in [-0.1, -0.05) is 46.3 Å². The molecule has 1 fully saturated rings. The Morgan fingerprint density at radius 3 is 2.66 bits per heavy atom. The van der Waals surface area contributed by atoms with Gasteiger partial charge in [0.25, 0.3) is 5.91 Å². The van der Waals surface area contributed by atoms with Crippen LogP contribution >= 0.6 is 15.9 Å². The first kappa shape index (κ1) is 21.0. The molecule has 1 aliphatic heterocycles. The molecule has 1 heterocycles. The second-order valence-corrected chi connectivity index (χ2v) is 8.06. The van der Waals surface area contributed by atoms with Crippen LogP contribution in [0.2, 0.25) is 0 Å². The SMILES string of the molecule is Cc1cc(Br)ccc1NC(=O)COC(=O)[C@@H]1CC(=O)N([C@@H](C)c2ccccc2)C1. The van der Waals surface area contributed by atoms with Crippen LogP contribution in [0.4, 0.5) is 5.69 Å². The molecule has 1 saturated heterocycles. The Bertz CT molecular complexity index is 916. The maximum atomic E-state index is 12.4. The van der Waals surface area contributed by atoms with Crippen LogP contribution in [0, 0.1) is 12.8 Å². The van der Waals surface area contributed by atoms with Crippen molar-refractivity contribution in [3.05, 3.63) is 64.1 Å². The Balaban J connectivity index is 1.52. The molecule has 29 heavy (non-hydrogen) atoms. The molecule has 0 saturated carbocycles. The van der Waals surface area contributed by atoms with Gasteiger partial charge in [0.05, 0.1) is 12.0 Å². The van der Waals surface area contributed by atoms with Crippen LogP contribution in [0.5, 0.6) is 0 Å². The number of anilines is 1. The number of nitrogens with zero attached hydrogens (tertiary/aromatic N) is 1. The number of esters is 1. The number of hydrogen-bond acceptors (Lipinski definition) is 4. The molecule has 2 amide bonds. The van der Waals surface area contributed by atoms with Crippen LogP contribution in [0.1, 0.15) is 30.5 Å². The average molecular weight is 459 g/mol. The molecule has 3 rings (SSSR count). The number of ether oxygens (including phenoxy) is 1. The van der Waals surface area contributed by atoms with Gasteiger partial charge in [0, 0.05) is 23.1 Å². The highest BCUT2D eigenvalue weighted by Gasteiger charge is 2.38. The number of benzene rings is 2. The molecule has 0 aromatic heterocycles. The van der Waals surface area contributed by atoms with E-state index in [9.17, 15) is 14.4 Å². The predicted molar refractivity (Wildman–Crippen MR) is 113 cm³/mol. The van der Waals surface area contributed by atoms with Gasteiger partial charge >= 0.3 is 5.97 Å². The van der Waals surface area contributed by atoms with E-state index < -0.39 is 17.8 Å². The highest BCUT2D eigenvalue weighted by molar-refractivity contribution is 9.10. The normalized spacial score (nSPS) is 17.1. The van der Waals surface area contributed by atoms with Crippen molar-refractivity contribution in [3.63, 3.8) is 0 Å². The van der Waals surface area contributed by atoms with Crippen LogP contribution in [0.15, 0.2) is 53.0 Å². The molecular formula is C22H23BrN2O4. The van der Waals surface area contributed by atoms with E-state index in [0.29, 0.717) is 12.2 Å². The number of nitrogens with one attached hydrogen (secondary N) is 1. The molecule has 2 atom stereocenters. The Morgan fingerprint density at radius 2 is 1.97 bits per heavy atom. The summed E-state index contributed by atoms with van der Waals surface area (Å²) in [5.41, 5.74) is 2.57. The van der Waals surface area contributed by atoms with E-state index >= 15 is 0 Å². The number of rotatable bonds is 6. The lowest BCUT2D eigenvalue weighted by Gasteiger charge is -2.25. The quantitative estimate of drug-likeness (QED) is 0.666. The van der Waals surface area contributed by atoms with E-state index in [4.69, 9.17) is 4.74 Å². The number of likely N-dealkylation sites (tertiary alicyclic amines) is 1. The Labute approximate surface area is 178 Å². The summed E-state index contributed by atoms with van der Waals surface area (Å²) in [5.74, 6) is -1.58. The topological polar surface area (TPSA) is 75.7 Å². The van der Waals surface area contributed by atoms with Gasteiger partial charge in [0.15, 0.2) is 6.61 Å². The van der Waals surface area contributed by atoms with Crippen LogP contribution in [0.3, 0.4) is 0 Å². The molecule has 0 aliphatic carbocycles. The van der Waals surface area contributed by atoms with Gasteiger partial charge in [-0.05, 0) is 43.2 Å². The summed E-state index contributed by atoms with van der Waals surface area (Å²) < 4.78 is 6.08. The molecule has 1 aliphatic rings. The van der Waals surface area contributed by atoms with Crippen molar-refractivity contribution in [2.24, 2.45) is 5.92 Å². The molecule has 152 valence electrons. The molecule has 1 N–H and O–H groups in total. The minimum Gasteiger partial charge on any atom is -0.455 e. The zero-order valence-electron chi connectivity index (χ0n) is 16.4. The smallest absolute Gasteiger partial charge is 0.311 e. The average Bonchev–Trinajstić information content (AvgIpc) is 3.10. The lowest BCUT2D eigenvalue weighted by Crippen LogP contribution is -2.30. The molecule has 0 spiro atoms. The van der Waals surface area contributed by atoms with Crippen LogP contribution < -0.4 is 5.32 Å². The van der Waals surface area contributed by atoms with Gasteiger partial charge in [-0.15, -0.1) is 0 Å². The van der Waals surface area contributed by atoms with Gasteiger partial charge in [0.1, 0.15) is 0 Å². The van der Waals surface area contributed by atoms with E-state index in [1.165, 1.54) is 0 Å². The van der Waals surface area contributed by atoms with E-state index in [0.717, 1.165) is 15.6 Å². The van der Waals surface area contributed by atoms with E-state index in [1.807, 2.05) is 56.3 Å². The fraction of sp³-hybridized carbons (Fsp3) is 0.318. The molecular weight excluding hydrogens is 436 g/mol. The van der Waals surface area contributed by atoms with Gasteiger partial charge in [-0.25, -0.2) is 0 Å². The first-order valence-electron chi connectivity index (χ1n) is 9.42. The Hall–Kier alpha value is -2.67. The van der Waals surface area contributed by atoms with Crippen molar-refractivity contribution in [1.29, 1.82) is 0 Å². The van der Waals surface area contributed by atoms with Crippen molar-refractivity contribution in [3.8, 4) is 0 Å². The molecule has 2 aromatic carbocycles. The number of hydrogen-bond donors (Lipinski definition) is 1. The van der Waals surface area contributed by atoms with E-state index in [2.05, 4.69) is 21.2 Å². The lowest BCUT2D eigenvalue weighted by atomic mass is 10.1. The largest absolute Gasteiger partial charge is 0.455 e. The maximum Gasteiger partial charge on any atom is 0.311 e.